The normalized spacial score (nSPS) is 36.7. The van der Waals surface area contributed by atoms with Crippen molar-refractivity contribution in [1.29, 1.82) is 0 Å². The van der Waals surface area contributed by atoms with Crippen molar-refractivity contribution in [2.45, 2.75) is 33.1 Å². The molecule has 2 fully saturated rings. The number of likely N-dealkylation sites (tertiary alicyclic amines) is 1. The molecule has 86 valence electrons. The second kappa shape index (κ2) is 3.97. The van der Waals surface area contributed by atoms with E-state index in [-0.39, 0.29) is 5.41 Å². The van der Waals surface area contributed by atoms with Crippen molar-refractivity contribution in [3.8, 4) is 0 Å². The lowest BCUT2D eigenvalue weighted by molar-refractivity contribution is -0.137. The van der Waals surface area contributed by atoms with E-state index in [1.165, 1.54) is 6.42 Å². The number of amides is 1. The molecule has 2 unspecified atom stereocenters. The third-order valence-electron chi connectivity index (χ3n) is 4.31. The van der Waals surface area contributed by atoms with Gasteiger partial charge >= 0.3 is 0 Å². The van der Waals surface area contributed by atoms with E-state index in [4.69, 9.17) is 11.6 Å². The molecular formula is C12H20ClNO. The zero-order chi connectivity index (χ0) is 11.1. The lowest BCUT2D eigenvalue weighted by Gasteiger charge is -2.30. The minimum Gasteiger partial charge on any atom is -0.342 e. The second-order valence-corrected chi connectivity index (χ2v) is 5.80. The van der Waals surface area contributed by atoms with E-state index in [1.807, 2.05) is 4.90 Å². The van der Waals surface area contributed by atoms with Gasteiger partial charge in [-0.05, 0) is 18.8 Å². The number of alkyl halides is 1. The van der Waals surface area contributed by atoms with Crippen LogP contribution in [-0.4, -0.2) is 29.8 Å². The van der Waals surface area contributed by atoms with Crippen LogP contribution < -0.4 is 0 Å². The zero-order valence-electron chi connectivity index (χ0n) is 9.63. The lowest BCUT2D eigenvalue weighted by atomic mass is 9.83. The van der Waals surface area contributed by atoms with E-state index in [2.05, 4.69) is 13.8 Å². The molecule has 0 N–H and O–H groups in total. The number of nitrogens with zero attached hydrogens (tertiary/aromatic N) is 1. The van der Waals surface area contributed by atoms with Gasteiger partial charge in [-0.25, -0.2) is 0 Å². The van der Waals surface area contributed by atoms with Crippen molar-refractivity contribution >= 4 is 17.5 Å². The second-order valence-electron chi connectivity index (χ2n) is 5.54. The molecule has 3 heteroatoms. The standard InChI is InChI=1S/C12H20ClNO/c1-9-6-14(8-12(9,2)7-13)11(15)10-4-3-5-10/h9-10H,3-8H2,1-2H3. The molecule has 2 atom stereocenters. The molecule has 1 saturated heterocycles. The van der Waals surface area contributed by atoms with E-state index in [9.17, 15) is 4.79 Å². The van der Waals surface area contributed by atoms with E-state index in [0.29, 0.717) is 23.6 Å². The molecule has 1 saturated carbocycles. The molecular weight excluding hydrogens is 210 g/mol. The summed E-state index contributed by atoms with van der Waals surface area (Å²) in [4.78, 5) is 14.1. The first kappa shape index (κ1) is 11.3. The van der Waals surface area contributed by atoms with Crippen LogP contribution in [0.2, 0.25) is 0 Å². The van der Waals surface area contributed by atoms with Gasteiger partial charge in [0.05, 0.1) is 0 Å². The Hall–Kier alpha value is -0.240. The quantitative estimate of drug-likeness (QED) is 0.667. The Bertz CT molecular complexity index is 264. The molecule has 0 radical (unpaired) electrons. The van der Waals surface area contributed by atoms with Crippen molar-refractivity contribution in [3.63, 3.8) is 0 Å². The average molecular weight is 230 g/mol. The summed E-state index contributed by atoms with van der Waals surface area (Å²) < 4.78 is 0. The predicted molar refractivity (Wildman–Crippen MR) is 61.9 cm³/mol. The molecule has 15 heavy (non-hydrogen) atoms. The van der Waals surface area contributed by atoms with E-state index < -0.39 is 0 Å². The summed E-state index contributed by atoms with van der Waals surface area (Å²) in [5.74, 6) is 1.89. The number of carbonyl (C=O) groups excluding carboxylic acids is 1. The summed E-state index contributed by atoms with van der Waals surface area (Å²) in [6.45, 7) is 6.15. The van der Waals surface area contributed by atoms with Crippen LogP contribution in [0.5, 0.6) is 0 Å². The molecule has 1 aliphatic carbocycles. The van der Waals surface area contributed by atoms with E-state index in [1.54, 1.807) is 0 Å². The van der Waals surface area contributed by atoms with Crippen LogP contribution in [0.3, 0.4) is 0 Å². The van der Waals surface area contributed by atoms with E-state index >= 15 is 0 Å². The van der Waals surface area contributed by atoms with Gasteiger partial charge in [0, 0.05) is 30.3 Å². The smallest absolute Gasteiger partial charge is 0.225 e. The molecule has 2 nitrogen and oxygen atoms in total. The third kappa shape index (κ3) is 1.89. The van der Waals surface area contributed by atoms with Crippen molar-refractivity contribution < 1.29 is 4.79 Å². The minimum atomic E-state index is 0.126. The van der Waals surface area contributed by atoms with Crippen LogP contribution in [0.4, 0.5) is 0 Å². The fraction of sp³-hybridized carbons (Fsp3) is 0.917. The Morgan fingerprint density at radius 3 is 2.60 bits per heavy atom. The fourth-order valence-electron chi connectivity index (χ4n) is 2.46. The summed E-state index contributed by atoms with van der Waals surface area (Å²) in [7, 11) is 0. The maximum atomic E-state index is 12.1. The van der Waals surface area contributed by atoms with E-state index in [0.717, 1.165) is 25.9 Å². The monoisotopic (exact) mass is 229 g/mol. The van der Waals surface area contributed by atoms with Gasteiger partial charge in [0.25, 0.3) is 0 Å². The summed E-state index contributed by atoms with van der Waals surface area (Å²) >= 11 is 6.00. The average Bonchev–Trinajstić information content (AvgIpc) is 2.41. The maximum Gasteiger partial charge on any atom is 0.225 e. The van der Waals surface area contributed by atoms with Crippen LogP contribution in [-0.2, 0) is 4.79 Å². The predicted octanol–water partition coefficient (Wildman–Crippen LogP) is 2.51. The molecule has 0 spiro atoms. The van der Waals surface area contributed by atoms with Gasteiger partial charge in [-0.15, -0.1) is 11.6 Å². The first-order chi connectivity index (χ1) is 7.07. The van der Waals surface area contributed by atoms with Gasteiger partial charge in [0.1, 0.15) is 0 Å². The highest BCUT2D eigenvalue weighted by molar-refractivity contribution is 6.18. The van der Waals surface area contributed by atoms with Crippen molar-refractivity contribution in [3.05, 3.63) is 0 Å². The van der Waals surface area contributed by atoms with Crippen LogP contribution >= 0.6 is 11.6 Å². The fourth-order valence-corrected chi connectivity index (χ4v) is 2.81. The summed E-state index contributed by atoms with van der Waals surface area (Å²) in [6, 6.07) is 0. The van der Waals surface area contributed by atoms with Gasteiger partial charge in [-0.1, -0.05) is 20.3 Å². The number of hydrogen-bond acceptors (Lipinski definition) is 1. The Morgan fingerprint density at radius 2 is 2.20 bits per heavy atom. The van der Waals surface area contributed by atoms with Crippen molar-refractivity contribution in [2.75, 3.05) is 19.0 Å². The summed E-state index contributed by atoms with van der Waals surface area (Å²) in [6.07, 6.45) is 3.43. The maximum absolute atomic E-state index is 12.1. The lowest BCUT2D eigenvalue weighted by Crippen LogP contribution is -2.38. The van der Waals surface area contributed by atoms with Gasteiger partial charge in [-0.2, -0.15) is 0 Å². The van der Waals surface area contributed by atoms with Crippen molar-refractivity contribution in [2.24, 2.45) is 17.3 Å². The number of carbonyl (C=O) groups is 1. The highest BCUT2D eigenvalue weighted by atomic mass is 35.5. The molecule has 2 rings (SSSR count). The van der Waals surface area contributed by atoms with Gasteiger partial charge < -0.3 is 4.90 Å². The largest absolute Gasteiger partial charge is 0.342 e. The first-order valence-electron chi connectivity index (χ1n) is 5.91. The number of rotatable bonds is 2. The highest BCUT2D eigenvalue weighted by Gasteiger charge is 2.43. The Balaban J connectivity index is 1.98. The topological polar surface area (TPSA) is 20.3 Å². The van der Waals surface area contributed by atoms with Crippen LogP contribution in [0.1, 0.15) is 33.1 Å². The zero-order valence-corrected chi connectivity index (χ0v) is 10.4. The Morgan fingerprint density at radius 1 is 1.53 bits per heavy atom. The molecule has 1 amide bonds. The van der Waals surface area contributed by atoms with Crippen LogP contribution in [0.15, 0.2) is 0 Å². The SMILES string of the molecule is CC1CN(C(=O)C2CCC2)CC1(C)CCl. The molecule has 0 aromatic rings. The van der Waals surface area contributed by atoms with Gasteiger partial charge in [0.2, 0.25) is 5.91 Å². The molecule has 1 aliphatic heterocycles. The number of halogens is 1. The van der Waals surface area contributed by atoms with Crippen molar-refractivity contribution in [1.82, 2.24) is 4.90 Å². The number of hydrogen-bond donors (Lipinski definition) is 0. The molecule has 2 aliphatic rings. The summed E-state index contributed by atoms with van der Waals surface area (Å²) in [5.41, 5.74) is 0.126. The minimum absolute atomic E-state index is 0.126. The Kier molecular flexibility index (Phi) is 2.98. The molecule has 0 bridgehead atoms. The highest BCUT2D eigenvalue weighted by Crippen LogP contribution is 2.38. The Labute approximate surface area is 97.0 Å². The first-order valence-corrected chi connectivity index (χ1v) is 6.45. The van der Waals surface area contributed by atoms with Crippen LogP contribution in [0.25, 0.3) is 0 Å². The van der Waals surface area contributed by atoms with Gasteiger partial charge in [-0.3, -0.25) is 4.79 Å². The summed E-state index contributed by atoms with van der Waals surface area (Å²) in [5, 5.41) is 0. The van der Waals surface area contributed by atoms with Crippen LogP contribution in [0, 0.1) is 17.3 Å². The molecule has 1 heterocycles. The molecule has 0 aromatic carbocycles. The third-order valence-corrected chi connectivity index (χ3v) is 4.92. The van der Waals surface area contributed by atoms with Gasteiger partial charge in [0.15, 0.2) is 0 Å². The molecule has 0 aromatic heterocycles.